The number of hydrogen-bond donors (Lipinski definition) is 0. The number of aromatic nitrogens is 4. The number of hydrogen-bond acceptors (Lipinski definition) is 4. The lowest BCUT2D eigenvalue weighted by atomic mass is 9.59. The quantitative estimate of drug-likeness (QED) is 0.168. The Kier molecular flexibility index (Phi) is 9.31. The fourth-order valence-corrected chi connectivity index (χ4v) is 10.8. The predicted molar refractivity (Wildman–Crippen MR) is 259 cm³/mol. The molecule has 0 spiro atoms. The highest BCUT2D eigenvalue weighted by Crippen LogP contribution is 2.63. The van der Waals surface area contributed by atoms with Gasteiger partial charge in [-0.15, -0.1) is 0 Å². The van der Waals surface area contributed by atoms with Crippen LogP contribution >= 0.6 is 0 Å². The molecule has 0 saturated carbocycles. The van der Waals surface area contributed by atoms with Gasteiger partial charge in [-0.2, -0.15) is 0 Å². The summed E-state index contributed by atoms with van der Waals surface area (Å²) < 4.78 is 0. The van der Waals surface area contributed by atoms with E-state index in [4.69, 9.17) is 19.9 Å². The molecular formula is C58H62N4. The van der Waals surface area contributed by atoms with Crippen LogP contribution in [0.3, 0.4) is 0 Å². The average Bonchev–Trinajstić information content (AvgIpc) is 3.42. The first-order valence-corrected chi connectivity index (χ1v) is 22.4. The molecule has 0 radical (unpaired) electrons. The van der Waals surface area contributed by atoms with Crippen LogP contribution in [-0.2, 0) is 21.7 Å². The molecule has 9 rings (SSSR count). The number of nitrogens with zero attached hydrogens (tertiary/aromatic N) is 4. The minimum absolute atomic E-state index is 0.0113. The smallest absolute Gasteiger partial charge is 0.165 e. The first-order valence-electron chi connectivity index (χ1n) is 22.4. The molecule has 0 amide bonds. The molecule has 2 heterocycles. The van der Waals surface area contributed by atoms with E-state index < -0.39 is 0 Å². The van der Waals surface area contributed by atoms with E-state index >= 15 is 0 Å². The van der Waals surface area contributed by atoms with Crippen LogP contribution in [0.25, 0.3) is 67.7 Å². The maximum absolute atomic E-state index is 5.28. The molecule has 7 aromatic rings. The maximum Gasteiger partial charge on any atom is 0.165 e. The second-order valence-corrected chi connectivity index (χ2v) is 21.5. The molecule has 0 atom stereocenters. The van der Waals surface area contributed by atoms with Gasteiger partial charge in [0, 0.05) is 28.5 Å². The van der Waals surface area contributed by atoms with Crippen LogP contribution < -0.4 is 0 Å². The first-order chi connectivity index (χ1) is 29.1. The summed E-state index contributed by atoms with van der Waals surface area (Å²) >= 11 is 0. The molecule has 0 unspecified atom stereocenters. The zero-order chi connectivity index (χ0) is 44.4. The van der Waals surface area contributed by atoms with Crippen molar-refractivity contribution in [2.45, 2.75) is 119 Å². The summed E-state index contributed by atoms with van der Waals surface area (Å²) in [6, 6.07) is 42.1. The molecule has 0 fully saturated rings. The van der Waals surface area contributed by atoms with Gasteiger partial charge in [-0.05, 0) is 115 Å². The van der Waals surface area contributed by atoms with Crippen LogP contribution in [0.5, 0.6) is 0 Å². The number of fused-ring (bicyclic) bond motifs is 2. The highest BCUT2D eigenvalue weighted by molar-refractivity contribution is 5.84. The summed E-state index contributed by atoms with van der Waals surface area (Å²) in [4.78, 5) is 20.7. The summed E-state index contributed by atoms with van der Waals surface area (Å²) in [7, 11) is 0. The molecular weight excluding hydrogens is 753 g/mol. The Morgan fingerprint density at radius 2 is 0.726 bits per heavy atom. The highest BCUT2D eigenvalue weighted by Gasteiger charge is 2.58. The van der Waals surface area contributed by atoms with Crippen LogP contribution in [0, 0.1) is 24.7 Å². The van der Waals surface area contributed by atoms with E-state index in [1.54, 1.807) is 0 Å². The zero-order valence-corrected chi connectivity index (χ0v) is 39.3. The Labute approximate surface area is 370 Å². The van der Waals surface area contributed by atoms with Crippen LogP contribution in [0.15, 0.2) is 121 Å². The Hall–Kier alpha value is -5.74. The molecule has 2 aliphatic rings. The van der Waals surface area contributed by atoms with Gasteiger partial charge in [-0.1, -0.05) is 185 Å². The molecule has 0 saturated heterocycles. The molecule has 5 aromatic carbocycles. The molecule has 4 nitrogen and oxygen atoms in total. The third kappa shape index (κ3) is 6.07. The largest absolute Gasteiger partial charge is 0.255 e. The Bertz CT molecular complexity index is 2780. The van der Waals surface area contributed by atoms with E-state index in [0.29, 0.717) is 17.5 Å². The van der Waals surface area contributed by atoms with Crippen LogP contribution in [0.2, 0.25) is 0 Å². The lowest BCUT2D eigenvalue weighted by Crippen LogP contribution is -2.42. The average molecular weight is 815 g/mol. The summed E-state index contributed by atoms with van der Waals surface area (Å²) in [5.41, 5.74) is 17.8. The molecule has 62 heavy (non-hydrogen) atoms. The normalized spacial score (nSPS) is 18.3. The molecule has 0 aliphatic heterocycles. The second kappa shape index (κ2) is 13.9. The van der Waals surface area contributed by atoms with E-state index in [-0.39, 0.29) is 32.5 Å². The van der Waals surface area contributed by atoms with Crippen LogP contribution in [0.1, 0.15) is 116 Å². The van der Waals surface area contributed by atoms with Crippen molar-refractivity contribution in [1.29, 1.82) is 0 Å². The molecule has 2 aliphatic carbocycles. The van der Waals surface area contributed by atoms with Gasteiger partial charge < -0.3 is 0 Å². The van der Waals surface area contributed by atoms with Gasteiger partial charge in [-0.3, -0.25) is 4.98 Å². The lowest BCUT2D eigenvalue weighted by Gasteiger charge is -2.44. The van der Waals surface area contributed by atoms with Crippen molar-refractivity contribution in [3.63, 3.8) is 0 Å². The molecule has 0 bridgehead atoms. The zero-order valence-electron chi connectivity index (χ0n) is 39.3. The van der Waals surface area contributed by atoms with Crippen molar-refractivity contribution < 1.29 is 0 Å². The third-order valence-electron chi connectivity index (χ3n) is 17.1. The van der Waals surface area contributed by atoms with E-state index in [2.05, 4.69) is 212 Å². The van der Waals surface area contributed by atoms with E-state index in [1.807, 2.05) is 6.20 Å². The Morgan fingerprint density at radius 3 is 1.18 bits per heavy atom. The maximum atomic E-state index is 5.28. The van der Waals surface area contributed by atoms with Gasteiger partial charge >= 0.3 is 0 Å². The highest BCUT2D eigenvalue weighted by atomic mass is 15.0. The van der Waals surface area contributed by atoms with Crippen molar-refractivity contribution in [3.05, 3.63) is 155 Å². The van der Waals surface area contributed by atoms with Gasteiger partial charge in [0.2, 0.25) is 0 Å². The number of aryl methyl sites for hydroxylation is 2. The fraction of sp³-hybridized carbons (Fsp3) is 0.345. The van der Waals surface area contributed by atoms with Gasteiger partial charge in [0.05, 0.1) is 5.69 Å². The minimum Gasteiger partial charge on any atom is -0.255 e. The third-order valence-corrected chi connectivity index (χ3v) is 17.1. The number of rotatable bonds is 6. The molecule has 0 N–H and O–H groups in total. The Balaban J connectivity index is 1.11. The molecule has 4 heteroatoms. The van der Waals surface area contributed by atoms with Crippen molar-refractivity contribution in [2.75, 3.05) is 0 Å². The lowest BCUT2D eigenvalue weighted by molar-refractivity contribution is 0.125. The number of benzene rings is 5. The minimum atomic E-state index is -0.0484. The van der Waals surface area contributed by atoms with Gasteiger partial charge in [0.15, 0.2) is 17.5 Å². The van der Waals surface area contributed by atoms with E-state index in [1.165, 1.54) is 55.6 Å². The van der Waals surface area contributed by atoms with Crippen molar-refractivity contribution >= 4 is 0 Å². The molecule has 314 valence electrons. The SMILES string of the molecule is Cc1cc(C)cc(-c2ccccc2-c2ccc(-c3ccc(-c4nc(-c5ccc6c(c5)C(C)(C)C(C)(C)C6(C)C)nc(-c5ccc6c(c5)C(C)(C)C(C)(C)C6(C)C)n4)cn3)cc2)c1. The standard InChI is InChI=1S/C58H62N4/c1-35-29-36(2)31-42(30-35)44-18-16-15-17-43(44)37-19-21-38(22-20-37)49-28-25-41(34-59-49)52-61-50(39-23-26-45-47(32-39)55(7,8)57(11,12)53(45,3)4)60-51(62-52)40-24-27-46-48(33-40)56(9,10)58(13,14)54(46,5)6/h15-34H,1-14H3. The van der Waals surface area contributed by atoms with Crippen molar-refractivity contribution in [2.24, 2.45) is 10.8 Å². The summed E-state index contributed by atoms with van der Waals surface area (Å²) in [5, 5.41) is 0. The van der Waals surface area contributed by atoms with Crippen LogP contribution in [0.4, 0.5) is 0 Å². The summed E-state index contributed by atoms with van der Waals surface area (Å²) in [5.74, 6) is 1.96. The monoisotopic (exact) mass is 814 g/mol. The summed E-state index contributed by atoms with van der Waals surface area (Å²) in [6.45, 7) is 33.0. The first kappa shape index (κ1) is 41.6. The summed E-state index contributed by atoms with van der Waals surface area (Å²) in [6.07, 6.45) is 1.91. The van der Waals surface area contributed by atoms with E-state index in [0.717, 1.165) is 27.9 Å². The van der Waals surface area contributed by atoms with E-state index in [9.17, 15) is 0 Å². The predicted octanol–water partition coefficient (Wildman–Crippen LogP) is 15.1. The van der Waals surface area contributed by atoms with Crippen molar-refractivity contribution in [1.82, 2.24) is 19.9 Å². The molecule has 2 aromatic heterocycles. The van der Waals surface area contributed by atoms with Crippen molar-refractivity contribution in [3.8, 4) is 67.7 Å². The van der Waals surface area contributed by atoms with Crippen LogP contribution in [-0.4, -0.2) is 19.9 Å². The second-order valence-electron chi connectivity index (χ2n) is 21.5. The fourth-order valence-electron chi connectivity index (χ4n) is 10.8. The Morgan fingerprint density at radius 1 is 0.339 bits per heavy atom. The topological polar surface area (TPSA) is 51.6 Å². The van der Waals surface area contributed by atoms with Gasteiger partial charge in [0.1, 0.15) is 0 Å². The van der Waals surface area contributed by atoms with Gasteiger partial charge in [0.25, 0.3) is 0 Å². The number of pyridine rings is 1. The van der Waals surface area contributed by atoms with Gasteiger partial charge in [-0.25, -0.2) is 15.0 Å².